The molecular weight excluding hydrogens is 276 g/mol. The maximum absolute atomic E-state index is 9.90. The first-order valence-electron chi connectivity index (χ1n) is 6.15. The Hall–Kier alpha value is -0.360. The summed E-state index contributed by atoms with van der Waals surface area (Å²) in [5, 5.41) is 66.1. The van der Waals surface area contributed by atoms with Crippen molar-refractivity contribution in [1.82, 2.24) is 0 Å². The molecule has 9 heteroatoms. The Morgan fingerprint density at radius 2 is 1.85 bits per heavy atom. The first-order chi connectivity index (χ1) is 9.27. The zero-order valence-electron chi connectivity index (χ0n) is 11.1. The molecule has 0 aromatic rings. The van der Waals surface area contributed by atoms with Gasteiger partial charge in [-0.15, -0.1) is 0 Å². The third kappa shape index (κ3) is 3.11. The molecule has 1 saturated heterocycles. The van der Waals surface area contributed by atoms with Gasteiger partial charge >= 0.3 is 0 Å². The zero-order chi connectivity index (χ0) is 15.6. The number of hydrogen-bond acceptors (Lipinski definition) is 9. The van der Waals surface area contributed by atoms with E-state index < -0.39 is 62.2 Å². The van der Waals surface area contributed by atoms with Crippen LogP contribution >= 0.6 is 0 Å². The van der Waals surface area contributed by atoms with Crippen LogP contribution in [0.15, 0.2) is 0 Å². The van der Waals surface area contributed by atoms with E-state index in [1.165, 1.54) is 6.92 Å². The molecule has 6 atom stereocenters. The average molecular weight is 298 g/mol. The second-order valence-corrected chi connectivity index (χ2v) is 5.05. The molecule has 0 aromatic heterocycles. The molecule has 0 saturated carbocycles. The molecule has 9 nitrogen and oxygen atoms in total. The Kier molecular flexibility index (Phi) is 5.84. The number of rotatable bonds is 7. The highest BCUT2D eigenvalue weighted by Gasteiger charge is 2.57. The van der Waals surface area contributed by atoms with Gasteiger partial charge in [0.15, 0.2) is 0 Å². The molecule has 1 aliphatic heterocycles. The summed E-state index contributed by atoms with van der Waals surface area (Å²) in [6.07, 6.45) is -5.78. The molecule has 1 fully saturated rings. The molecule has 1 rings (SSSR count). The first-order valence-corrected chi connectivity index (χ1v) is 6.15. The molecule has 0 bridgehead atoms. The fourth-order valence-electron chi connectivity index (χ4n) is 1.97. The average Bonchev–Trinajstić information content (AvgIpc) is 2.69. The van der Waals surface area contributed by atoms with Gasteiger partial charge in [0.25, 0.3) is 0 Å². The monoisotopic (exact) mass is 298 g/mol. The Morgan fingerprint density at radius 3 is 2.20 bits per heavy atom. The molecule has 0 radical (unpaired) electrons. The van der Waals surface area contributed by atoms with Crippen molar-refractivity contribution in [3.05, 3.63) is 0 Å². The maximum atomic E-state index is 9.90. The quantitative estimate of drug-likeness (QED) is 0.248. The van der Waals surface area contributed by atoms with Crippen LogP contribution in [0.5, 0.6) is 0 Å². The van der Waals surface area contributed by atoms with Crippen LogP contribution in [-0.2, 0) is 9.47 Å². The predicted molar refractivity (Wildman–Crippen MR) is 63.5 cm³/mol. The van der Waals surface area contributed by atoms with Crippen molar-refractivity contribution in [2.75, 3.05) is 26.4 Å². The third-order valence-electron chi connectivity index (χ3n) is 3.43. The van der Waals surface area contributed by atoms with Crippen LogP contribution < -0.4 is 0 Å². The minimum Gasteiger partial charge on any atom is -0.394 e. The summed E-state index contributed by atoms with van der Waals surface area (Å²) in [6.45, 7) is -1.81. The zero-order valence-corrected chi connectivity index (χ0v) is 11.1. The van der Waals surface area contributed by atoms with Gasteiger partial charge in [0.2, 0.25) is 5.79 Å². The predicted octanol–water partition coefficient (Wildman–Crippen LogP) is -4.09. The molecule has 0 aliphatic carbocycles. The first kappa shape index (κ1) is 17.7. The summed E-state index contributed by atoms with van der Waals surface area (Å²) in [6, 6.07) is 0. The SMILES string of the molecule is CC(O)(CO)C(CO)OC1(CO)OC(CO)C(O)C1O. The van der Waals surface area contributed by atoms with Crippen LogP contribution in [0.25, 0.3) is 0 Å². The summed E-state index contributed by atoms with van der Waals surface area (Å²) in [4.78, 5) is 0. The lowest BCUT2D eigenvalue weighted by Crippen LogP contribution is -2.57. The van der Waals surface area contributed by atoms with Crippen molar-refractivity contribution in [2.24, 2.45) is 0 Å². The summed E-state index contributed by atoms with van der Waals surface area (Å²) in [7, 11) is 0. The molecule has 1 heterocycles. The van der Waals surface area contributed by atoms with E-state index in [1.807, 2.05) is 0 Å². The topological polar surface area (TPSA) is 160 Å². The lowest BCUT2D eigenvalue weighted by molar-refractivity contribution is -0.319. The fourth-order valence-corrected chi connectivity index (χ4v) is 1.97. The van der Waals surface area contributed by atoms with Crippen LogP contribution in [0.2, 0.25) is 0 Å². The van der Waals surface area contributed by atoms with E-state index in [2.05, 4.69) is 0 Å². The molecule has 120 valence electrons. The van der Waals surface area contributed by atoms with Gasteiger partial charge in [-0.25, -0.2) is 0 Å². The lowest BCUT2D eigenvalue weighted by Gasteiger charge is -2.38. The highest BCUT2D eigenvalue weighted by molar-refractivity contribution is 4.98. The van der Waals surface area contributed by atoms with Crippen molar-refractivity contribution >= 4 is 0 Å². The van der Waals surface area contributed by atoms with Gasteiger partial charge in [-0.2, -0.15) is 0 Å². The van der Waals surface area contributed by atoms with Gasteiger partial charge in [-0.3, -0.25) is 0 Å². The van der Waals surface area contributed by atoms with E-state index >= 15 is 0 Å². The van der Waals surface area contributed by atoms with Crippen molar-refractivity contribution in [3.8, 4) is 0 Å². The molecule has 20 heavy (non-hydrogen) atoms. The van der Waals surface area contributed by atoms with E-state index in [9.17, 15) is 25.5 Å². The number of aliphatic hydroxyl groups is 7. The van der Waals surface area contributed by atoms with Gasteiger partial charge < -0.3 is 45.2 Å². The summed E-state index contributed by atoms with van der Waals surface area (Å²) in [5.74, 6) is -2.11. The van der Waals surface area contributed by atoms with Crippen LogP contribution in [0, 0.1) is 0 Å². The van der Waals surface area contributed by atoms with E-state index in [4.69, 9.17) is 19.7 Å². The summed E-state index contributed by atoms with van der Waals surface area (Å²) in [5.41, 5.74) is -1.86. The largest absolute Gasteiger partial charge is 0.394 e. The normalized spacial score (nSPS) is 38.7. The standard InChI is InChI=1S/C11H22O9/c1-10(18,4-14)7(3-13)20-11(5-15)9(17)8(16)6(2-12)19-11/h6-9,12-18H,2-5H2,1H3. The minimum atomic E-state index is -2.11. The Balaban J connectivity index is 2.95. The molecule has 0 amide bonds. The Morgan fingerprint density at radius 1 is 1.25 bits per heavy atom. The van der Waals surface area contributed by atoms with Gasteiger partial charge in [0, 0.05) is 0 Å². The van der Waals surface area contributed by atoms with Crippen LogP contribution in [0.1, 0.15) is 6.92 Å². The molecule has 1 aliphatic rings. The minimum absolute atomic E-state index is 0.622. The molecule has 0 aromatic carbocycles. The van der Waals surface area contributed by atoms with E-state index in [0.717, 1.165) is 0 Å². The number of hydrogen-bond donors (Lipinski definition) is 7. The number of aliphatic hydroxyl groups excluding tert-OH is 6. The lowest BCUT2D eigenvalue weighted by atomic mass is 9.99. The van der Waals surface area contributed by atoms with Crippen molar-refractivity contribution in [1.29, 1.82) is 0 Å². The van der Waals surface area contributed by atoms with Crippen LogP contribution in [0.3, 0.4) is 0 Å². The van der Waals surface area contributed by atoms with Gasteiger partial charge in [-0.05, 0) is 6.92 Å². The third-order valence-corrected chi connectivity index (χ3v) is 3.43. The smallest absolute Gasteiger partial charge is 0.222 e. The van der Waals surface area contributed by atoms with Crippen LogP contribution in [0.4, 0.5) is 0 Å². The summed E-state index contributed by atoms with van der Waals surface area (Å²) < 4.78 is 10.3. The molecular formula is C11H22O9. The Bertz CT molecular complexity index is 310. The second-order valence-electron chi connectivity index (χ2n) is 5.05. The molecule has 6 unspecified atom stereocenters. The van der Waals surface area contributed by atoms with Gasteiger partial charge in [-0.1, -0.05) is 0 Å². The molecule has 0 spiro atoms. The van der Waals surface area contributed by atoms with Crippen LogP contribution in [-0.4, -0.2) is 98.0 Å². The second kappa shape index (κ2) is 6.60. The van der Waals surface area contributed by atoms with Crippen molar-refractivity contribution in [3.63, 3.8) is 0 Å². The van der Waals surface area contributed by atoms with Crippen molar-refractivity contribution < 1.29 is 45.2 Å². The molecule has 7 N–H and O–H groups in total. The summed E-state index contributed by atoms with van der Waals surface area (Å²) >= 11 is 0. The number of ether oxygens (including phenoxy) is 2. The maximum Gasteiger partial charge on any atom is 0.222 e. The van der Waals surface area contributed by atoms with Gasteiger partial charge in [0.1, 0.15) is 36.6 Å². The highest BCUT2D eigenvalue weighted by Crippen LogP contribution is 2.34. The van der Waals surface area contributed by atoms with E-state index in [0.29, 0.717) is 0 Å². The van der Waals surface area contributed by atoms with Crippen molar-refractivity contribution in [2.45, 2.75) is 42.7 Å². The highest BCUT2D eigenvalue weighted by atomic mass is 16.7. The van der Waals surface area contributed by atoms with Gasteiger partial charge in [0.05, 0.1) is 19.8 Å². The van der Waals surface area contributed by atoms with E-state index in [-0.39, 0.29) is 0 Å². The Labute approximate surface area is 115 Å². The van der Waals surface area contributed by atoms with E-state index in [1.54, 1.807) is 0 Å². The fraction of sp³-hybridized carbons (Fsp3) is 1.00.